The molecule has 0 aromatic heterocycles. The first kappa shape index (κ1) is 16.1. The maximum Gasteiger partial charge on any atom is 0.227 e. The van der Waals surface area contributed by atoms with Gasteiger partial charge in [0.1, 0.15) is 11.6 Å². The van der Waals surface area contributed by atoms with Crippen molar-refractivity contribution in [3.8, 4) is 0 Å². The maximum absolute atomic E-state index is 13.5. The third kappa shape index (κ3) is 3.25. The number of rotatable bonds is 4. The van der Waals surface area contributed by atoms with Crippen molar-refractivity contribution in [1.82, 2.24) is 0 Å². The van der Waals surface area contributed by atoms with Crippen LogP contribution in [0.2, 0.25) is 0 Å². The van der Waals surface area contributed by atoms with E-state index in [9.17, 15) is 18.4 Å². The van der Waals surface area contributed by atoms with E-state index in [-0.39, 0.29) is 17.3 Å². The van der Waals surface area contributed by atoms with Gasteiger partial charge in [0.25, 0.3) is 0 Å². The van der Waals surface area contributed by atoms with Crippen molar-refractivity contribution in [2.75, 3.05) is 11.4 Å². The van der Waals surface area contributed by atoms with Crippen LogP contribution in [0.25, 0.3) is 6.08 Å². The summed E-state index contributed by atoms with van der Waals surface area (Å²) in [6.45, 7) is 0.679. The second-order valence-corrected chi connectivity index (χ2v) is 5.53. The van der Waals surface area contributed by atoms with Crippen LogP contribution in [-0.2, 0) is 4.79 Å². The molecule has 0 N–H and O–H groups in total. The molecule has 5 heteroatoms. The second kappa shape index (κ2) is 6.74. The quantitative estimate of drug-likeness (QED) is 0.629. The molecule has 24 heavy (non-hydrogen) atoms. The van der Waals surface area contributed by atoms with Gasteiger partial charge in [-0.2, -0.15) is 0 Å². The number of halogens is 2. The van der Waals surface area contributed by atoms with Crippen LogP contribution in [0.1, 0.15) is 28.8 Å². The fourth-order valence-electron chi connectivity index (χ4n) is 2.65. The number of hydrogen-bond acceptors (Lipinski definition) is 2. The summed E-state index contributed by atoms with van der Waals surface area (Å²) in [6, 6.07) is 10.1. The second-order valence-electron chi connectivity index (χ2n) is 5.53. The van der Waals surface area contributed by atoms with Crippen molar-refractivity contribution in [3.63, 3.8) is 0 Å². The van der Waals surface area contributed by atoms with Crippen LogP contribution in [0.3, 0.4) is 0 Å². The van der Waals surface area contributed by atoms with Gasteiger partial charge in [-0.05, 0) is 55.0 Å². The van der Waals surface area contributed by atoms with E-state index >= 15 is 0 Å². The normalized spacial score (nSPS) is 14.6. The van der Waals surface area contributed by atoms with E-state index in [1.807, 2.05) is 0 Å². The minimum Gasteiger partial charge on any atom is -0.312 e. The molecule has 1 aliphatic rings. The monoisotopic (exact) mass is 327 g/mol. The van der Waals surface area contributed by atoms with Gasteiger partial charge in [-0.1, -0.05) is 6.07 Å². The number of amides is 1. The van der Waals surface area contributed by atoms with Gasteiger partial charge >= 0.3 is 0 Å². The topological polar surface area (TPSA) is 37.4 Å². The predicted octanol–water partition coefficient (Wildman–Crippen LogP) is 3.99. The fraction of sp³-hybridized carbons (Fsp3) is 0.158. The summed E-state index contributed by atoms with van der Waals surface area (Å²) in [4.78, 5) is 25.5. The van der Waals surface area contributed by atoms with Crippen molar-refractivity contribution in [3.05, 3.63) is 71.3 Å². The summed E-state index contributed by atoms with van der Waals surface area (Å²) < 4.78 is 27.1. The molecule has 1 fully saturated rings. The molecule has 1 amide bonds. The Labute approximate surface area is 138 Å². The van der Waals surface area contributed by atoms with E-state index in [4.69, 9.17) is 0 Å². The molecule has 0 unspecified atom stereocenters. The fourth-order valence-corrected chi connectivity index (χ4v) is 2.65. The third-order valence-electron chi connectivity index (χ3n) is 3.94. The Kier molecular flexibility index (Phi) is 4.51. The highest BCUT2D eigenvalue weighted by Crippen LogP contribution is 2.22. The first-order valence-corrected chi connectivity index (χ1v) is 7.63. The Morgan fingerprint density at radius 2 is 1.71 bits per heavy atom. The van der Waals surface area contributed by atoms with E-state index in [1.54, 1.807) is 29.2 Å². The highest BCUT2D eigenvalue weighted by Gasteiger charge is 2.21. The number of benzene rings is 2. The van der Waals surface area contributed by atoms with Crippen LogP contribution in [0.5, 0.6) is 0 Å². The highest BCUT2D eigenvalue weighted by molar-refractivity contribution is 6.07. The number of ketones is 1. The smallest absolute Gasteiger partial charge is 0.227 e. The molecule has 1 heterocycles. The summed E-state index contributed by atoms with van der Waals surface area (Å²) in [7, 11) is 0. The molecule has 0 spiro atoms. The van der Waals surface area contributed by atoms with Gasteiger partial charge in [-0.3, -0.25) is 9.59 Å². The molecule has 0 bridgehead atoms. The maximum atomic E-state index is 13.5. The molecule has 0 aliphatic carbocycles. The molecule has 0 radical (unpaired) electrons. The summed E-state index contributed by atoms with van der Waals surface area (Å²) in [5.74, 6) is -1.73. The van der Waals surface area contributed by atoms with Crippen LogP contribution in [0, 0.1) is 11.6 Å². The Hall–Kier alpha value is -2.82. The molecule has 3 nitrogen and oxygen atoms in total. The van der Waals surface area contributed by atoms with Gasteiger partial charge in [-0.15, -0.1) is 0 Å². The Morgan fingerprint density at radius 1 is 1.04 bits per heavy atom. The number of carbonyl (C=O) groups excluding carboxylic acids is 2. The molecule has 0 saturated carbocycles. The van der Waals surface area contributed by atoms with Gasteiger partial charge in [0.15, 0.2) is 5.78 Å². The van der Waals surface area contributed by atoms with Crippen LogP contribution < -0.4 is 4.90 Å². The minimum absolute atomic E-state index is 0.0731. The average molecular weight is 327 g/mol. The zero-order valence-corrected chi connectivity index (χ0v) is 12.8. The van der Waals surface area contributed by atoms with Crippen LogP contribution >= 0.6 is 0 Å². The Balaban J connectivity index is 1.76. The van der Waals surface area contributed by atoms with Crippen molar-refractivity contribution in [2.45, 2.75) is 12.8 Å². The molecule has 0 atom stereocenters. The number of hydrogen-bond donors (Lipinski definition) is 0. The summed E-state index contributed by atoms with van der Waals surface area (Å²) in [5.41, 5.74) is 0.890. The van der Waals surface area contributed by atoms with Gasteiger partial charge in [-0.25, -0.2) is 8.78 Å². The molecule has 3 rings (SSSR count). The lowest BCUT2D eigenvalue weighted by Crippen LogP contribution is -2.23. The molecule has 2 aromatic carbocycles. The van der Waals surface area contributed by atoms with Crippen molar-refractivity contribution in [1.29, 1.82) is 0 Å². The molecular formula is C19H15F2NO2. The Morgan fingerprint density at radius 3 is 2.29 bits per heavy atom. The van der Waals surface area contributed by atoms with Crippen molar-refractivity contribution < 1.29 is 18.4 Å². The lowest BCUT2D eigenvalue weighted by molar-refractivity contribution is -0.117. The number of anilines is 1. The van der Waals surface area contributed by atoms with Gasteiger partial charge in [0, 0.05) is 29.8 Å². The largest absolute Gasteiger partial charge is 0.312 e. The molecule has 1 saturated heterocycles. The molecule has 1 aliphatic heterocycles. The van der Waals surface area contributed by atoms with Crippen molar-refractivity contribution >= 4 is 23.5 Å². The van der Waals surface area contributed by atoms with E-state index < -0.39 is 11.6 Å². The first-order chi connectivity index (χ1) is 11.6. The minimum atomic E-state index is -0.720. The van der Waals surface area contributed by atoms with E-state index in [0.717, 1.165) is 36.4 Å². The summed E-state index contributed by atoms with van der Waals surface area (Å²) in [6.07, 6.45) is 3.64. The van der Waals surface area contributed by atoms with Crippen LogP contribution in [-0.4, -0.2) is 18.2 Å². The first-order valence-electron chi connectivity index (χ1n) is 7.63. The third-order valence-corrected chi connectivity index (χ3v) is 3.94. The number of allylic oxidation sites excluding steroid dienone is 1. The summed E-state index contributed by atoms with van der Waals surface area (Å²) in [5, 5.41) is 0. The average Bonchev–Trinajstić information content (AvgIpc) is 3.00. The standard InChI is InChI=1S/C19H15F2NO2/c20-16-3-1-4-17(21)15(16)10-11-18(23)13-6-8-14(9-7-13)22-12-2-5-19(22)24/h1,3-4,6-11H,2,5,12H2/b11-10+. The van der Waals surface area contributed by atoms with Gasteiger partial charge in [0.2, 0.25) is 5.91 Å². The highest BCUT2D eigenvalue weighted by atomic mass is 19.1. The zero-order chi connectivity index (χ0) is 17.1. The molecular weight excluding hydrogens is 312 g/mol. The molecule has 2 aromatic rings. The number of nitrogens with zero attached hydrogens (tertiary/aromatic N) is 1. The number of carbonyl (C=O) groups is 2. The van der Waals surface area contributed by atoms with Gasteiger partial charge < -0.3 is 4.90 Å². The van der Waals surface area contributed by atoms with E-state index in [2.05, 4.69) is 0 Å². The van der Waals surface area contributed by atoms with Gasteiger partial charge in [0.05, 0.1) is 0 Å². The lowest BCUT2D eigenvalue weighted by atomic mass is 10.1. The lowest BCUT2D eigenvalue weighted by Gasteiger charge is -2.15. The van der Waals surface area contributed by atoms with E-state index in [1.165, 1.54) is 6.07 Å². The molecule has 122 valence electrons. The van der Waals surface area contributed by atoms with Crippen LogP contribution in [0.15, 0.2) is 48.5 Å². The SMILES string of the molecule is O=C(/C=C/c1c(F)cccc1F)c1ccc(N2CCCC2=O)cc1. The zero-order valence-electron chi connectivity index (χ0n) is 12.8. The Bertz CT molecular complexity index is 792. The van der Waals surface area contributed by atoms with E-state index in [0.29, 0.717) is 18.5 Å². The predicted molar refractivity (Wildman–Crippen MR) is 87.8 cm³/mol. The summed E-state index contributed by atoms with van der Waals surface area (Å²) >= 11 is 0. The van der Waals surface area contributed by atoms with Crippen molar-refractivity contribution in [2.24, 2.45) is 0 Å². The van der Waals surface area contributed by atoms with Crippen LogP contribution in [0.4, 0.5) is 14.5 Å².